The lowest BCUT2D eigenvalue weighted by Crippen LogP contribution is -2.58. The monoisotopic (exact) mass is 321 g/mol. The van der Waals surface area contributed by atoms with Crippen molar-refractivity contribution in [3.63, 3.8) is 0 Å². The average molecular weight is 322 g/mol. The lowest BCUT2D eigenvalue weighted by Gasteiger charge is -2.42. The molecule has 1 amide bonds. The van der Waals surface area contributed by atoms with Gasteiger partial charge in [0.2, 0.25) is 5.91 Å². The average Bonchev–Trinajstić information content (AvgIpc) is 2.50. The van der Waals surface area contributed by atoms with Crippen LogP contribution in [0.1, 0.15) is 33.6 Å². The maximum absolute atomic E-state index is 12.4. The van der Waals surface area contributed by atoms with Crippen LogP contribution in [-0.4, -0.2) is 67.7 Å². The third-order valence-corrected chi connectivity index (χ3v) is 4.51. The third kappa shape index (κ3) is 5.74. The molecule has 0 aromatic heterocycles. The van der Waals surface area contributed by atoms with Crippen LogP contribution < -0.4 is 5.73 Å². The van der Waals surface area contributed by atoms with Gasteiger partial charge in [-0.25, -0.2) is 0 Å². The molecule has 0 spiro atoms. The van der Waals surface area contributed by atoms with Gasteiger partial charge in [-0.1, -0.05) is 27.2 Å². The SMILES string of the molecule is CCC(C)C(N)C(=O)N1CCN(CCOC)C(CC)C1.Cl. The van der Waals surface area contributed by atoms with Gasteiger partial charge < -0.3 is 15.4 Å². The first-order chi connectivity index (χ1) is 9.54. The van der Waals surface area contributed by atoms with E-state index in [0.29, 0.717) is 6.04 Å². The molecule has 0 aromatic rings. The first-order valence-electron chi connectivity index (χ1n) is 7.82. The van der Waals surface area contributed by atoms with Gasteiger partial charge in [0.1, 0.15) is 0 Å². The second kappa shape index (κ2) is 10.4. The number of carbonyl (C=O) groups excluding carboxylic acids is 1. The summed E-state index contributed by atoms with van der Waals surface area (Å²) in [5.74, 6) is 0.360. The lowest BCUT2D eigenvalue weighted by atomic mass is 9.98. The highest BCUT2D eigenvalue weighted by Crippen LogP contribution is 2.16. The van der Waals surface area contributed by atoms with Crippen molar-refractivity contribution >= 4 is 18.3 Å². The summed E-state index contributed by atoms with van der Waals surface area (Å²) in [6, 6.07) is 0.0648. The Morgan fingerprint density at radius 2 is 2.05 bits per heavy atom. The summed E-state index contributed by atoms with van der Waals surface area (Å²) in [4.78, 5) is 16.8. The van der Waals surface area contributed by atoms with E-state index < -0.39 is 0 Å². The van der Waals surface area contributed by atoms with Gasteiger partial charge in [0, 0.05) is 39.3 Å². The largest absolute Gasteiger partial charge is 0.383 e. The van der Waals surface area contributed by atoms with Crippen LogP contribution in [-0.2, 0) is 9.53 Å². The standard InChI is InChI=1S/C15H31N3O2.ClH/c1-5-12(3)14(16)15(19)18-8-7-17(9-10-20-4)13(6-2)11-18;/h12-14H,5-11,16H2,1-4H3;1H. The molecule has 126 valence electrons. The van der Waals surface area contributed by atoms with E-state index in [1.54, 1.807) is 7.11 Å². The molecule has 21 heavy (non-hydrogen) atoms. The molecule has 1 saturated heterocycles. The number of halogens is 1. The van der Waals surface area contributed by atoms with Crippen molar-refractivity contribution in [2.45, 2.75) is 45.7 Å². The van der Waals surface area contributed by atoms with E-state index in [9.17, 15) is 4.79 Å². The maximum Gasteiger partial charge on any atom is 0.239 e. The molecule has 1 rings (SSSR count). The van der Waals surface area contributed by atoms with E-state index in [2.05, 4.69) is 25.7 Å². The number of nitrogens with two attached hydrogens (primary N) is 1. The van der Waals surface area contributed by atoms with E-state index in [0.717, 1.165) is 45.6 Å². The number of hydrogen-bond donors (Lipinski definition) is 1. The smallest absolute Gasteiger partial charge is 0.239 e. The van der Waals surface area contributed by atoms with Crippen LogP contribution in [0, 0.1) is 5.92 Å². The minimum atomic E-state index is -0.358. The van der Waals surface area contributed by atoms with Crippen LogP contribution in [0.5, 0.6) is 0 Å². The Kier molecular flexibility index (Phi) is 10.2. The molecule has 0 aromatic carbocycles. The summed E-state index contributed by atoms with van der Waals surface area (Å²) in [7, 11) is 1.73. The van der Waals surface area contributed by atoms with Gasteiger partial charge in [-0.15, -0.1) is 12.4 Å². The fraction of sp³-hybridized carbons (Fsp3) is 0.933. The Bertz CT molecular complexity index is 305. The Balaban J connectivity index is 0.00000400. The van der Waals surface area contributed by atoms with Gasteiger partial charge in [0.25, 0.3) is 0 Å². The van der Waals surface area contributed by atoms with E-state index >= 15 is 0 Å². The first-order valence-corrected chi connectivity index (χ1v) is 7.82. The first kappa shape index (κ1) is 20.6. The molecule has 0 aliphatic carbocycles. The molecule has 1 aliphatic rings. The van der Waals surface area contributed by atoms with Crippen molar-refractivity contribution in [3.05, 3.63) is 0 Å². The molecule has 1 heterocycles. The van der Waals surface area contributed by atoms with Crippen molar-refractivity contribution < 1.29 is 9.53 Å². The Morgan fingerprint density at radius 1 is 1.38 bits per heavy atom. The molecule has 5 nitrogen and oxygen atoms in total. The molecule has 0 saturated carbocycles. The fourth-order valence-electron chi connectivity index (χ4n) is 2.69. The van der Waals surface area contributed by atoms with E-state index in [1.807, 2.05) is 4.90 Å². The summed E-state index contributed by atoms with van der Waals surface area (Å²) in [5.41, 5.74) is 6.08. The van der Waals surface area contributed by atoms with Crippen molar-refractivity contribution in [2.24, 2.45) is 11.7 Å². The van der Waals surface area contributed by atoms with Crippen LogP contribution in [0.25, 0.3) is 0 Å². The summed E-state index contributed by atoms with van der Waals surface area (Å²) in [6.07, 6.45) is 1.99. The second-order valence-electron chi connectivity index (χ2n) is 5.79. The number of ether oxygens (including phenoxy) is 1. The van der Waals surface area contributed by atoms with E-state index in [-0.39, 0.29) is 30.3 Å². The summed E-state index contributed by atoms with van der Waals surface area (Å²) >= 11 is 0. The van der Waals surface area contributed by atoms with Crippen LogP contribution in [0.3, 0.4) is 0 Å². The normalized spacial score (nSPS) is 22.5. The lowest BCUT2D eigenvalue weighted by molar-refractivity contribution is -0.137. The third-order valence-electron chi connectivity index (χ3n) is 4.51. The van der Waals surface area contributed by atoms with Gasteiger partial charge >= 0.3 is 0 Å². The molecule has 0 radical (unpaired) electrons. The van der Waals surface area contributed by atoms with Crippen molar-refractivity contribution in [2.75, 3.05) is 39.9 Å². The zero-order chi connectivity index (χ0) is 15.1. The summed E-state index contributed by atoms with van der Waals surface area (Å²) in [6.45, 7) is 10.5. The molecular formula is C15H32ClN3O2. The Hall–Kier alpha value is -0.360. The summed E-state index contributed by atoms with van der Waals surface area (Å²) < 4.78 is 5.15. The van der Waals surface area contributed by atoms with Crippen molar-refractivity contribution in [1.29, 1.82) is 0 Å². The highest BCUT2D eigenvalue weighted by molar-refractivity contribution is 5.85. The highest BCUT2D eigenvalue weighted by Gasteiger charge is 2.31. The molecule has 1 aliphatic heterocycles. The molecular weight excluding hydrogens is 290 g/mol. The van der Waals surface area contributed by atoms with Gasteiger partial charge in [-0.05, 0) is 12.3 Å². The zero-order valence-electron chi connectivity index (χ0n) is 13.9. The van der Waals surface area contributed by atoms with Gasteiger partial charge in [-0.3, -0.25) is 9.69 Å². The number of hydrogen-bond acceptors (Lipinski definition) is 4. The van der Waals surface area contributed by atoms with Crippen LogP contribution in [0.4, 0.5) is 0 Å². The minimum Gasteiger partial charge on any atom is -0.383 e. The number of piperazine rings is 1. The molecule has 0 bridgehead atoms. The molecule has 1 fully saturated rings. The van der Waals surface area contributed by atoms with Gasteiger partial charge in [0.15, 0.2) is 0 Å². The van der Waals surface area contributed by atoms with E-state index in [1.165, 1.54) is 0 Å². The van der Waals surface area contributed by atoms with Crippen molar-refractivity contribution in [3.8, 4) is 0 Å². The maximum atomic E-state index is 12.4. The second-order valence-corrected chi connectivity index (χ2v) is 5.79. The van der Waals surface area contributed by atoms with Gasteiger partial charge in [0.05, 0.1) is 12.6 Å². The minimum absolute atomic E-state index is 0. The fourth-order valence-corrected chi connectivity index (χ4v) is 2.69. The zero-order valence-corrected chi connectivity index (χ0v) is 14.7. The number of amides is 1. The van der Waals surface area contributed by atoms with Gasteiger partial charge in [-0.2, -0.15) is 0 Å². The quantitative estimate of drug-likeness (QED) is 0.769. The van der Waals surface area contributed by atoms with Crippen LogP contribution >= 0.6 is 12.4 Å². The molecule has 3 unspecified atom stereocenters. The Labute approximate surface area is 135 Å². The molecule has 2 N–H and O–H groups in total. The highest BCUT2D eigenvalue weighted by atomic mass is 35.5. The Morgan fingerprint density at radius 3 is 2.57 bits per heavy atom. The topological polar surface area (TPSA) is 58.8 Å². The predicted octanol–water partition coefficient (Wildman–Crippen LogP) is 1.35. The van der Waals surface area contributed by atoms with Crippen LogP contribution in [0.15, 0.2) is 0 Å². The number of methoxy groups -OCH3 is 1. The molecule has 6 heteroatoms. The number of carbonyl (C=O) groups is 1. The predicted molar refractivity (Wildman–Crippen MR) is 88.8 cm³/mol. The molecule has 3 atom stereocenters. The van der Waals surface area contributed by atoms with E-state index in [4.69, 9.17) is 10.5 Å². The van der Waals surface area contributed by atoms with Crippen molar-refractivity contribution in [1.82, 2.24) is 9.80 Å². The number of rotatable bonds is 7. The number of nitrogens with zero attached hydrogens (tertiary/aromatic N) is 2. The van der Waals surface area contributed by atoms with Crippen LogP contribution in [0.2, 0.25) is 0 Å². The summed E-state index contributed by atoms with van der Waals surface area (Å²) in [5, 5.41) is 0.